The summed E-state index contributed by atoms with van der Waals surface area (Å²) in [5.41, 5.74) is 1.76. The van der Waals surface area contributed by atoms with Gasteiger partial charge in [-0.15, -0.1) is 0 Å². The maximum absolute atomic E-state index is 12.8. The van der Waals surface area contributed by atoms with Gasteiger partial charge in [-0.1, -0.05) is 30.3 Å². The number of ether oxygens (including phenoxy) is 1. The van der Waals surface area contributed by atoms with Crippen molar-refractivity contribution in [2.75, 3.05) is 18.6 Å². The zero-order valence-corrected chi connectivity index (χ0v) is 14.6. The summed E-state index contributed by atoms with van der Waals surface area (Å²) in [6, 6.07) is 16.7. The quantitative estimate of drug-likeness (QED) is 0.810. The van der Waals surface area contributed by atoms with Crippen molar-refractivity contribution < 1.29 is 19.2 Å². The number of rotatable bonds is 6. The van der Waals surface area contributed by atoms with E-state index in [9.17, 15) is 9.59 Å². The Hall–Kier alpha value is -2.66. The van der Waals surface area contributed by atoms with Crippen LogP contribution in [-0.4, -0.2) is 31.5 Å². The van der Waals surface area contributed by atoms with E-state index in [1.807, 2.05) is 44.3 Å². The highest BCUT2D eigenvalue weighted by molar-refractivity contribution is 6.21. The van der Waals surface area contributed by atoms with Crippen LogP contribution in [0.4, 0.5) is 5.69 Å². The van der Waals surface area contributed by atoms with Gasteiger partial charge in [0, 0.05) is 5.56 Å². The lowest BCUT2D eigenvalue weighted by Crippen LogP contribution is -3.12. The van der Waals surface area contributed by atoms with Crippen LogP contribution in [0.2, 0.25) is 0 Å². The molecular weight excluding hydrogens is 316 g/mol. The number of imide groups is 1. The van der Waals surface area contributed by atoms with Crippen molar-refractivity contribution in [3.63, 3.8) is 0 Å². The van der Waals surface area contributed by atoms with E-state index in [0.717, 1.165) is 16.2 Å². The lowest BCUT2D eigenvalue weighted by Gasteiger charge is -2.20. The SMILES string of the molecule is CCOc1ccc(N2C(=O)C[C@H]([NH+](C)Cc3ccccc3)C2=O)cc1. The molecule has 5 nitrogen and oxygen atoms in total. The normalized spacial score (nSPS) is 18.5. The second kappa shape index (κ2) is 7.49. The third-order valence-electron chi connectivity index (χ3n) is 4.47. The van der Waals surface area contributed by atoms with E-state index in [0.29, 0.717) is 18.8 Å². The summed E-state index contributed by atoms with van der Waals surface area (Å²) in [6.07, 6.45) is 0.241. The van der Waals surface area contributed by atoms with E-state index in [-0.39, 0.29) is 24.3 Å². The van der Waals surface area contributed by atoms with E-state index in [2.05, 4.69) is 0 Å². The molecule has 2 amide bonds. The first-order valence-corrected chi connectivity index (χ1v) is 8.56. The van der Waals surface area contributed by atoms with Crippen molar-refractivity contribution in [3.8, 4) is 5.75 Å². The van der Waals surface area contributed by atoms with Crippen molar-refractivity contribution in [1.82, 2.24) is 0 Å². The van der Waals surface area contributed by atoms with Crippen LogP contribution < -0.4 is 14.5 Å². The standard InChI is InChI=1S/C20H22N2O3/c1-3-25-17-11-9-16(10-12-17)22-19(23)13-18(20(22)24)21(2)14-15-7-5-4-6-8-15/h4-12,18H,3,13-14H2,1-2H3/p+1/t18-/m0/s1. The van der Waals surface area contributed by atoms with Crippen LogP contribution in [-0.2, 0) is 16.1 Å². The molecule has 0 aliphatic carbocycles. The largest absolute Gasteiger partial charge is 0.494 e. The molecule has 2 aromatic carbocycles. The minimum atomic E-state index is -0.348. The predicted octanol–water partition coefficient (Wildman–Crippen LogP) is 1.43. The molecule has 1 fully saturated rings. The van der Waals surface area contributed by atoms with E-state index < -0.39 is 0 Å². The first-order valence-electron chi connectivity index (χ1n) is 8.56. The summed E-state index contributed by atoms with van der Waals surface area (Å²) in [4.78, 5) is 27.6. The number of carbonyl (C=O) groups excluding carboxylic acids is 2. The summed E-state index contributed by atoms with van der Waals surface area (Å²) in [5.74, 6) is 0.447. The molecule has 0 bridgehead atoms. The van der Waals surface area contributed by atoms with Crippen LogP contribution >= 0.6 is 0 Å². The molecule has 0 aromatic heterocycles. The summed E-state index contributed by atoms with van der Waals surface area (Å²) in [5, 5.41) is 0. The molecule has 2 aromatic rings. The predicted molar refractivity (Wildman–Crippen MR) is 95.5 cm³/mol. The Bertz CT molecular complexity index is 743. The molecule has 0 radical (unpaired) electrons. The van der Waals surface area contributed by atoms with Crippen molar-refractivity contribution in [1.29, 1.82) is 0 Å². The number of quaternary nitrogens is 1. The van der Waals surface area contributed by atoms with E-state index in [1.54, 1.807) is 24.3 Å². The van der Waals surface area contributed by atoms with Crippen LogP contribution in [0.3, 0.4) is 0 Å². The number of anilines is 1. The summed E-state index contributed by atoms with van der Waals surface area (Å²) < 4.78 is 5.41. The Morgan fingerprint density at radius 1 is 1.08 bits per heavy atom. The Kier molecular flexibility index (Phi) is 5.14. The number of nitrogens with zero attached hydrogens (tertiary/aromatic N) is 1. The van der Waals surface area contributed by atoms with E-state index >= 15 is 0 Å². The molecule has 1 N–H and O–H groups in total. The number of carbonyl (C=O) groups is 2. The highest BCUT2D eigenvalue weighted by Crippen LogP contribution is 2.24. The number of amides is 2. The van der Waals surface area contributed by atoms with Gasteiger partial charge in [0.25, 0.3) is 5.91 Å². The molecular formula is C20H23N2O3+. The lowest BCUT2D eigenvalue weighted by atomic mass is 10.1. The molecule has 1 saturated heterocycles. The zero-order chi connectivity index (χ0) is 17.8. The van der Waals surface area contributed by atoms with Crippen LogP contribution in [0.1, 0.15) is 18.9 Å². The lowest BCUT2D eigenvalue weighted by molar-refractivity contribution is -0.908. The molecule has 1 unspecified atom stereocenters. The Labute approximate surface area is 147 Å². The molecule has 0 saturated carbocycles. The topological polar surface area (TPSA) is 51.0 Å². The summed E-state index contributed by atoms with van der Waals surface area (Å²) in [7, 11) is 1.96. The molecule has 3 rings (SSSR count). The Balaban J connectivity index is 1.73. The molecule has 130 valence electrons. The molecule has 1 aliphatic rings. The fraction of sp³-hybridized carbons (Fsp3) is 0.300. The number of hydrogen-bond acceptors (Lipinski definition) is 3. The average Bonchev–Trinajstić information content (AvgIpc) is 2.92. The third kappa shape index (κ3) is 3.72. The zero-order valence-electron chi connectivity index (χ0n) is 14.6. The summed E-state index contributed by atoms with van der Waals surface area (Å²) >= 11 is 0. The molecule has 1 aliphatic heterocycles. The average molecular weight is 339 g/mol. The van der Waals surface area contributed by atoms with Crippen LogP contribution in [0.5, 0.6) is 5.75 Å². The van der Waals surface area contributed by atoms with Gasteiger partial charge in [-0.05, 0) is 31.2 Å². The van der Waals surface area contributed by atoms with Crippen molar-refractivity contribution >= 4 is 17.5 Å². The van der Waals surface area contributed by atoms with Gasteiger partial charge in [0.05, 0.1) is 25.8 Å². The van der Waals surface area contributed by atoms with E-state index in [1.165, 1.54) is 4.90 Å². The first-order chi connectivity index (χ1) is 12.1. The van der Waals surface area contributed by atoms with Gasteiger partial charge < -0.3 is 9.64 Å². The highest BCUT2D eigenvalue weighted by atomic mass is 16.5. The maximum Gasteiger partial charge on any atom is 0.292 e. The minimum absolute atomic E-state index is 0.136. The number of benzene rings is 2. The Morgan fingerprint density at radius 3 is 2.40 bits per heavy atom. The van der Waals surface area contributed by atoms with E-state index in [4.69, 9.17) is 4.74 Å². The van der Waals surface area contributed by atoms with Gasteiger partial charge in [0.2, 0.25) is 5.91 Å². The third-order valence-corrected chi connectivity index (χ3v) is 4.47. The first kappa shape index (κ1) is 17.2. The van der Waals surface area contributed by atoms with Gasteiger partial charge in [-0.25, -0.2) is 4.90 Å². The van der Waals surface area contributed by atoms with Gasteiger partial charge in [-0.3, -0.25) is 9.59 Å². The van der Waals surface area contributed by atoms with Crippen molar-refractivity contribution in [2.24, 2.45) is 0 Å². The smallest absolute Gasteiger partial charge is 0.292 e. The second-order valence-electron chi connectivity index (χ2n) is 6.26. The van der Waals surface area contributed by atoms with Crippen LogP contribution in [0.15, 0.2) is 54.6 Å². The van der Waals surface area contributed by atoms with Gasteiger partial charge in [-0.2, -0.15) is 0 Å². The van der Waals surface area contributed by atoms with Crippen molar-refractivity contribution in [2.45, 2.75) is 25.9 Å². The van der Waals surface area contributed by atoms with Crippen LogP contribution in [0.25, 0.3) is 0 Å². The van der Waals surface area contributed by atoms with Gasteiger partial charge >= 0.3 is 0 Å². The number of hydrogen-bond donors (Lipinski definition) is 1. The van der Waals surface area contributed by atoms with Gasteiger partial charge in [0.1, 0.15) is 12.3 Å². The Morgan fingerprint density at radius 2 is 1.76 bits per heavy atom. The second-order valence-corrected chi connectivity index (χ2v) is 6.26. The molecule has 5 heteroatoms. The molecule has 2 atom stereocenters. The molecule has 25 heavy (non-hydrogen) atoms. The highest BCUT2D eigenvalue weighted by Gasteiger charge is 2.44. The maximum atomic E-state index is 12.8. The van der Waals surface area contributed by atoms with Crippen molar-refractivity contribution in [3.05, 3.63) is 60.2 Å². The van der Waals surface area contributed by atoms with Crippen LogP contribution in [0, 0.1) is 0 Å². The minimum Gasteiger partial charge on any atom is -0.494 e. The van der Waals surface area contributed by atoms with Gasteiger partial charge in [0.15, 0.2) is 6.04 Å². The fourth-order valence-electron chi connectivity index (χ4n) is 3.19. The monoisotopic (exact) mass is 339 g/mol. The fourth-order valence-corrected chi connectivity index (χ4v) is 3.19. The molecule has 1 heterocycles. The number of likely N-dealkylation sites (N-methyl/N-ethyl adjacent to an activating group) is 1. The summed E-state index contributed by atoms with van der Waals surface area (Å²) in [6.45, 7) is 3.20. The molecule has 0 spiro atoms. The number of nitrogens with one attached hydrogen (secondary N) is 1.